The van der Waals surface area contributed by atoms with E-state index in [-0.39, 0.29) is 10.6 Å². The van der Waals surface area contributed by atoms with Crippen LogP contribution in [0.3, 0.4) is 0 Å². The normalized spacial score (nSPS) is 10.1. The number of anilines is 1. The minimum atomic E-state index is -0.685. The number of nitrogens with zero attached hydrogens (tertiary/aromatic N) is 1. The molecular weight excluding hydrogens is 303 g/mol. The van der Waals surface area contributed by atoms with E-state index in [1.807, 2.05) is 0 Å². The Morgan fingerprint density at radius 3 is 2.50 bits per heavy atom. The minimum Gasteiger partial charge on any atom is -0.322 e. The Kier molecular flexibility index (Phi) is 4.22. The summed E-state index contributed by atoms with van der Waals surface area (Å²) < 4.78 is 0. The summed E-state index contributed by atoms with van der Waals surface area (Å²) in [7, 11) is 0. The molecule has 0 saturated carbocycles. The quantitative estimate of drug-likeness (QED) is 0.683. The van der Waals surface area contributed by atoms with Gasteiger partial charge in [-0.15, -0.1) is 0 Å². The molecule has 2 aromatic rings. The van der Waals surface area contributed by atoms with Crippen molar-refractivity contribution in [3.05, 3.63) is 68.2 Å². The van der Waals surface area contributed by atoms with Crippen LogP contribution in [0.15, 0.2) is 42.5 Å². The van der Waals surface area contributed by atoms with Gasteiger partial charge in [-0.1, -0.05) is 35.3 Å². The van der Waals surface area contributed by atoms with Crippen molar-refractivity contribution in [3.8, 4) is 0 Å². The Morgan fingerprint density at radius 1 is 1.15 bits per heavy atom. The number of para-hydroxylation sites is 1. The van der Waals surface area contributed by atoms with Gasteiger partial charge in [0.1, 0.15) is 10.6 Å². The SMILES string of the molecule is O=C(Nc1cccc(Cl)c1)c1cccc(Cl)c1[N+](=O)[O-]. The van der Waals surface area contributed by atoms with Crippen LogP contribution in [0.4, 0.5) is 11.4 Å². The van der Waals surface area contributed by atoms with E-state index in [0.717, 1.165) is 0 Å². The summed E-state index contributed by atoms with van der Waals surface area (Å²) in [5.74, 6) is -0.624. The number of hydrogen-bond acceptors (Lipinski definition) is 3. The topological polar surface area (TPSA) is 72.2 Å². The molecule has 0 aliphatic carbocycles. The third kappa shape index (κ3) is 3.07. The molecular formula is C13H8Cl2N2O3. The van der Waals surface area contributed by atoms with Crippen LogP contribution in [-0.2, 0) is 0 Å². The van der Waals surface area contributed by atoms with Crippen molar-refractivity contribution in [2.24, 2.45) is 0 Å². The van der Waals surface area contributed by atoms with Gasteiger partial charge in [0, 0.05) is 10.7 Å². The van der Waals surface area contributed by atoms with Crippen molar-refractivity contribution in [1.29, 1.82) is 0 Å². The van der Waals surface area contributed by atoms with E-state index in [1.54, 1.807) is 18.2 Å². The van der Waals surface area contributed by atoms with Gasteiger partial charge in [0.2, 0.25) is 0 Å². The molecule has 5 nitrogen and oxygen atoms in total. The molecule has 0 unspecified atom stereocenters. The molecule has 0 aliphatic heterocycles. The molecule has 0 aliphatic rings. The van der Waals surface area contributed by atoms with Gasteiger partial charge in [0.15, 0.2) is 0 Å². The highest BCUT2D eigenvalue weighted by atomic mass is 35.5. The van der Waals surface area contributed by atoms with E-state index in [4.69, 9.17) is 23.2 Å². The summed E-state index contributed by atoms with van der Waals surface area (Å²) in [6.07, 6.45) is 0. The summed E-state index contributed by atoms with van der Waals surface area (Å²) in [5, 5.41) is 13.9. The molecule has 20 heavy (non-hydrogen) atoms. The van der Waals surface area contributed by atoms with Gasteiger partial charge >= 0.3 is 5.69 Å². The predicted molar refractivity (Wildman–Crippen MR) is 77.5 cm³/mol. The largest absolute Gasteiger partial charge is 0.322 e. The minimum absolute atomic E-state index is 0.0891. The first kappa shape index (κ1) is 14.3. The molecule has 7 heteroatoms. The van der Waals surface area contributed by atoms with Crippen LogP contribution in [-0.4, -0.2) is 10.8 Å². The lowest BCUT2D eigenvalue weighted by Crippen LogP contribution is -2.14. The van der Waals surface area contributed by atoms with E-state index >= 15 is 0 Å². The summed E-state index contributed by atoms with van der Waals surface area (Å²) in [5.41, 5.74) is -0.0899. The van der Waals surface area contributed by atoms with E-state index < -0.39 is 16.5 Å². The zero-order valence-electron chi connectivity index (χ0n) is 9.97. The third-order valence-corrected chi connectivity index (χ3v) is 3.04. The highest BCUT2D eigenvalue weighted by molar-refractivity contribution is 6.33. The summed E-state index contributed by atoms with van der Waals surface area (Å²) >= 11 is 11.6. The lowest BCUT2D eigenvalue weighted by atomic mass is 10.1. The monoisotopic (exact) mass is 310 g/mol. The summed E-state index contributed by atoms with van der Waals surface area (Å²) in [6.45, 7) is 0. The van der Waals surface area contributed by atoms with Gasteiger partial charge in [-0.25, -0.2) is 0 Å². The second-order valence-electron chi connectivity index (χ2n) is 3.86. The third-order valence-electron chi connectivity index (χ3n) is 2.50. The molecule has 0 spiro atoms. The lowest BCUT2D eigenvalue weighted by molar-refractivity contribution is -0.385. The first-order valence-corrected chi connectivity index (χ1v) is 6.24. The van der Waals surface area contributed by atoms with Gasteiger partial charge in [0.05, 0.1) is 4.92 Å². The van der Waals surface area contributed by atoms with E-state index in [2.05, 4.69) is 5.32 Å². The van der Waals surface area contributed by atoms with Crippen LogP contribution in [0.1, 0.15) is 10.4 Å². The van der Waals surface area contributed by atoms with Crippen LogP contribution in [0.2, 0.25) is 10.0 Å². The van der Waals surface area contributed by atoms with E-state index in [0.29, 0.717) is 10.7 Å². The van der Waals surface area contributed by atoms with Crippen molar-refractivity contribution in [2.75, 3.05) is 5.32 Å². The van der Waals surface area contributed by atoms with Crippen molar-refractivity contribution in [1.82, 2.24) is 0 Å². The number of amides is 1. The lowest BCUT2D eigenvalue weighted by Gasteiger charge is -2.06. The average molecular weight is 311 g/mol. The Morgan fingerprint density at radius 2 is 1.85 bits per heavy atom. The molecule has 0 heterocycles. The van der Waals surface area contributed by atoms with Crippen molar-refractivity contribution >= 4 is 40.5 Å². The summed E-state index contributed by atoms with van der Waals surface area (Å²) in [4.78, 5) is 22.4. The van der Waals surface area contributed by atoms with Gasteiger partial charge in [0.25, 0.3) is 5.91 Å². The second kappa shape index (κ2) is 5.90. The van der Waals surface area contributed by atoms with Gasteiger partial charge < -0.3 is 5.32 Å². The van der Waals surface area contributed by atoms with Gasteiger partial charge in [-0.3, -0.25) is 14.9 Å². The van der Waals surface area contributed by atoms with Crippen molar-refractivity contribution in [2.45, 2.75) is 0 Å². The number of carbonyl (C=O) groups is 1. The highest BCUT2D eigenvalue weighted by Crippen LogP contribution is 2.29. The highest BCUT2D eigenvalue weighted by Gasteiger charge is 2.23. The standard InChI is InChI=1S/C13H8Cl2N2O3/c14-8-3-1-4-9(7-8)16-13(18)10-5-2-6-11(15)12(10)17(19)20/h1-7H,(H,16,18). The Bertz CT molecular complexity index is 689. The number of rotatable bonds is 3. The molecule has 0 radical (unpaired) electrons. The number of carbonyl (C=O) groups excluding carboxylic acids is 1. The fraction of sp³-hybridized carbons (Fsp3) is 0. The molecule has 1 amide bonds. The smallest absolute Gasteiger partial charge is 0.300 e. The van der Waals surface area contributed by atoms with Crippen molar-refractivity contribution < 1.29 is 9.72 Å². The van der Waals surface area contributed by atoms with Crippen LogP contribution < -0.4 is 5.32 Å². The fourth-order valence-electron chi connectivity index (χ4n) is 1.65. The molecule has 2 rings (SSSR count). The molecule has 0 fully saturated rings. The zero-order valence-corrected chi connectivity index (χ0v) is 11.5. The molecule has 0 atom stereocenters. The molecule has 0 aromatic heterocycles. The van der Waals surface area contributed by atoms with E-state index in [1.165, 1.54) is 24.3 Å². The number of nitro benzene ring substituents is 1. The molecule has 0 saturated heterocycles. The predicted octanol–water partition coefficient (Wildman–Crippen LogP) is 4.15. The Balaban J connectivity index is 2.35. The number of hydrogen-bond donors (Lipinski definition) is 1. The number of nitrogens with one attached hydrogen (secondary N) is 1. The summed E-state index contributed by atoms with van der Waals surface area (Å²) in [6, 6.07) is 10.6. The maximum atomic E-state index is 12.1. The Hall–Kier alpha value is -2.11. The fourth-order valence-corrected chi connectivity index (χ4v) is 2.08. The molecule has 2 aromatic carbocycles. The van der Waals surface area contributed by atoms with Crippen LogP contribution >= 0.6 is 23.2 Å². The molecule has 0 bridgehead atoms. The molecule has 1 N–H and O–H groups in total. The average Bonchev–Trinajstić information content (AvgIpc) is 2.37. The van der Waals surface area contributed by atoms with E-state index in [9.17, 15) is 14.9 Å². The molecule has 102 valence electrons. The second-order valence-corrected chi connectivity index (χ2v) is 4.70. The maximum Gasteiger partial charge on any atom is 0.300 e. The first-order chi connectivity index (χ1) is 9.49. The number of benzene rings is 2. The van der Waals surface area contributed by atoms with Crippen molar-refractivity contribution in [3.63, 3.8) is 0 Å². The zero-order chi connectivity index (χ0) is 14.7. The number of nitro groups is 1. The van der Waals surface area contributed by atoms with Gasteiger partial charge in [-0.2, -0.15) is 0 Å². The Labute approximate surface area is 124 Å². The van der Waals surface area contributed by atoms with Crippen LogP contribution in [0, 0.1) is 10.1 Å². The maximum absolute atomic E-state index is 12.1. The van der Waals surface area contributed by atoms with Gasteiger partial charge in [-0.05, 0) is 30.3 Å². The van der Waals surface area contributed by atoms with Crippen LogP contribution in [0.25, 0.3) is 0 Å². The number of halogens is 2. The van der Waals surface area contributed by atoms with Crippen LogP contribution in [0.5, 0.6) is 0 Å². The first-order valence-electron chi connectivity index (χ1n) is 5.49.